The number of carbonyl (C=O) groups excluding carboxylic acids is 1. The predicted molar refractivity (Wildman–Crippen MR) is 97.0 cm³/mol. The van der Waals surface area contributed by atoms with E-state index in [0.29, 0.717) is 16.3 Å². The van der Waals surface area contributed by atoms with Crippen LogP contribution >= 0.6 is 0 Å². The van der Waals surface area contributed by atoms with Crippen molar-refractivity contribution >= 4 is 17.2 Å². The minimum Gasteiger partial charge on any atom is -0.493 e. The molecule has 0 aliphatic rings. The van der Waals surface area contributed by atoms with E-state index in [0.717, 1.165) is 6.07 Å². The molecule has 0 aliphatic carbocycles. The third-order valence-corrected chi connectivity index (χ3v) is 4.08. The Morgan fingerprint density at radius 1 is 0.967 bits per heavy atom. The molecule has 1 aromatic carbocycles. The number of fused-ring (bicyclic) bond motifs is 1. The number of ether oxygens (including phenoxy) is 3. The van der Waals surface area contributed by atoms with Crippen molar-refractivity contribution in [2.45, 2.75) is 12.9 Å². The second-order valence-corrected chi connectivity index (χ2v) is 5.87. The first-order valence-corrected chi connectivity index (χ1v) is 8.37. The number of nitrogens with one attached hydrogen (secondary N) is 1. The fourth-order valence-corrected chi connectivity index (χ4v) is 2.74. The van der Waals surface area contributed by atoms with Crippen LogP contribution in [0.15, 0.2) is 24.3 Å². The van der Waals surface area contributed by atoms with Gasteiger partial charge < -0.3 is 19.5 Å². The molecule has 8 nitrogen and oxygen atoms in total. The molecule has 0 saturated heterocycles. The fraction of sp³-hybridized carbons (Fsp3) is 0.278. The number of methoxy groups -OCH3 is 3. The van der Waals surface area contributed by atoms with Gasteiger partial charge in [-0.25, -0.2) is 27.1 Å². The Bertz CT molecular complexity index is 1060. The van der Waals surface area contributed by atoms with Crippen molar-refractivity contribution < 1.29 is 36.6 Å². The molecular formula is C18H16F4N4O4. The number of hydrogen-bond donors (Lipinski definition) is 1. The largest absolute Gasteiger partial charge is 0.493 e. The lowest BCUT2D eigenvalue weighted by Crippen LogP contribution is -2.13. The molecule has 0 atom stereocenters. The molecule has 3 aromatic rings. The SMILES string of the molecule is COc1cc(NC(=O)c2cc3nc(C(F)F)cc(C(F)F)n3n2)cc(OC)c1OC. The Labute approximate surface area is 167 Å². The lowest BCUT2D eigenvalue weighted by Gasteiger charge is -2.14. The zero-order valence-electron chi connectivity index (χ0n) is 16.0. The fourth-order valence-electron chi connectivity index (χ4n) is 2.74. The van der Waals surface area contributed by atoms with E-state index in [9.17, 15) is 22.4 Å². The van der Waals surface area contributed by atoms with Gasteiger partial charge in [0.2, 0.25) is 5.75 Å². The second kappa shape index (κ2) is 8.43. The molecule has 0 bridgehead atoms. The van der Waals surface area contributed by atoms with Crippen LogP contribution in [0, 0.1) is 0 Å². The minimum atomic E-state index is -3.10. The van der Waals surface area contributed by atoms with Crippen molar-refractivity contribution in [1.29, 1.82) is 0 Å². The van der Waals surface area contributed by atoms with Gasteiger partial charge in [-0.2, -0.15) is 5.10 Å². The van der Waals surface area contributed by atoms with Crippen molar-refractivity contribution in [3.63, 3.8) is 0 Å². The highest BCUT2D eigenvalue weighted by Crippen LogP contribution is 2.40. The summed E-state index contributed by atoms with van der Waals surface area (Å²) in [6.07, 6.45) is -6.15. The number of aromatic nitrogens is 3. The number of alkyl halides is 4. The van der Waals surface area contributed by atoms with Gasteiger partial charge in [-0.3, -0.25) is 4.79 Å². The van der Waals surface area contributed by atoms with Gasteiger partial charge in [0.05, 0.1) is 21.3 Å². The van der Waals surface area contributed by atoms with Crippen LogP contribution in [0.4, 0.5) is 23.2 Å². The van der Waals surface area contributed by atoms with Gasteiger partial charge in [-0.05, 0) is 6.07 Å². The molecule has 30 heavy (non-hydrogen) atoms. The van der Waals surface area contributed by atoms with Crippen LogP contribution in [0.1, 0.15) is 34.7 Å². The van der Waals surface area contributed by atoms with E-state index >= 15 is 0 Å². The molecule has 0 spiro atoms. The van der Waals surface area contributed by atoms with E-state index in [1.165, 1.54) is 33.5 Å². The standard InChI is InChI=1S/C18H16F4N4O4/c1-28-12-4-8(5-13(29-2)15(12)30-3)23-18(27)10-7-14-24-9(16(19)20)6-11(17(21)22)26(14)25-10/h4-7,16-17H,1-3H3,(H,23,27). The molecule has 2 aromatic heterocycles. The molecule has 1 N–H and O–H groups in total. The topological polar surface area (TPSA) is 87.0 Å². The summed E-state index contributed by atoms with van der Waals surface area (Å²) in [5, 5.41) is 6.29. The monoisotopic (exact) mass is 428 g/mol. The average Bonchev–Trinajstić information content (AvgIpc) is 3.16. The maximum Gasteiger partial charge on any atom is 0.280 e. The molecule has 3 rings (SSSR count). The van der Waals surface area contributed by atoms with E-state index < -0.39 is 30.1 Å². The summed E-state index contributed by atoms with van der Waals surface area (Å²) in [6, 6.07) is 4.49. The Morgan fingerprint density at radius 2 is 1.60 bits per heavy atom. The highest BCUT2D eigenvalue weighted by atomic mass is 19.3. The zero-order valence-corrected chi connectivity index (χ0v) is 16.0. The lowest BCUT2D eigenvalue weighted by atomic mass is 10.2. The van der Waals surface area contributed by atoms with Crippen LogP contribution in [0.5, 0.6) is 17.2 Å². The minimum absolute atomic E-state index is 0.238. The number of rotatable bonds is 7. The Hall–Kier alpha value is -3.57. The predicted octanol–water partition coefficient (Wildman–Crippen LogP) is 3.88. The molecule has 0 aliphatic heterocycles. The Kier molecular flexibility index (Phi) is 5.94. The maximum atomic E-state index is 13.3. The Balaban J connectivity index is 1.99. The summed E-state index contributed by atoms with van der Waals surface area (Å²) in [6.45, 7) is 0. The van der Waals surface area contributed by atoms with Gasteiger partial charge in [0, 0.05) is 23.9 Å². The summed E-state index contributed by atoms with van der Waals surface area (Å²) in [4.78, 5) is 16.2. The van der Waals surface area contributed by atoms with Gasteiger partial charge in [0.25, 0.3) is 18.8 Å². The first kappa shape index (κ1) is 21.1. The molecule has 0 saturated carbocycles. The quantitative estimate of drug-likeness (QED) is 0.575. The zero-order chi connectivity index (χ0) is 22.0. The molecule has 0 unspecified atom stereocenters. The van der Waals surface area contributed by atoms with Gasteiger partial charge >= 0.3 is 0 Å². The summed E-state index contributed by atoms with van der Waals surface area (Å²) < 4.78 is 68.6. The molecule has 1 amide bonds. The summed E-state index contributed by atoms with van der Waals surface area (Å²) in [5.41, 5.74) is -2.01. The normalized spacial score (nSPS) is 11.2. The van der Waals surface area contributed by atoms with Crippen molar-refractivity contribution in [2.75, 3.05) is 26.6 Å². The second-order valence-electron chi connectivity index (χ2n) is 5.87. The lowest BCUT2D eigenvalue weighted by molar-refractivity contribution is 0.102. The molecular weight excluding hydrogens is 412 g/mol. The van der Waals surface area contributed by atoms with Gasteiger partial charge in [-0.15, -0.1) is 0 Å². The summed E-state index contributed by atoms with van der Waals surface area (Å²) >= 11 is 0. The van der Waals surface area contributed by atoms with Gasteiger partial charge in [-0.1, -0.05) is 0 Å². The average molecular weight is 428 g/mol. The van der Waals surface area contributed by atoms with Gasteiger partial charge in [0.1, 0.15) is 11.4 Å². The number of nitrogens with zero attached hydrogens (tertiary/aromatic N) is 3. The van der Waals surface area contributed by atoms with Crippen LogP contribution < -0.4 is 19.5 Å². The Morgan fingerprint density at radius 3 is 2.10 bits per heavy atom. The highest BCUT2D eigenvalue weighted by Gasteiger charge is 2.22. The number of anilines is 1. The van der Waals surface area contributed by atoms with E-state index in [4.69, 9.17) is 14.2 Å². The summed E-state index contributed by atoms with van der Waals surface area (Å²) in [7, 11) is 4.20. The van der Waals surface area contributed by atoms with E-state index in [1.54, 1.807) is 0 Å². The number of amides is 1. The van der Waals surface area contributed by atoms with Crippen molar-refractivity contribution in [3.8, 4) is 17.2 Å². The third kappa shape index (κ3) is 3.93. The number of carbonyl (C=O) groups is 1. The van der Waals surface area contributed by atoms with E-state index in [1.807, 2.05) is 0 Å². The summed E-state index contributed by atoms with van der Waals surface area (Å²) in [5.74, 6) is 0.0559. The number of benzene rings is 1. The van der Waals surface area contributed by atoms with E-state index in [2.05, 4.69) is 15.4 Å². The molecule has 0 radical (unpaired) electrons. The molecule has 160 valence electrons. The van der Waals surface area contributed by atoms with Crippen molar-refractivity contribution in [1.82, 2.24) is 14.6 Å². The van der Waals surface area contributed by atoms with Crippen LogP contribution in [0.3, 0.4) is 0 Å². The smallest absolute Gasteiger partial charge is 0.280 e. The van der Waals surface area contributed by atoms with Crippen LogP contribution in [-0.2, 0) is 0 Å². The number of hydrogen-bond acceptors (Lipinski definition) is 6. The van der Waals surface area contributed by atoms with Crippen molar-refractivity contribution in [2.24, 2.45) is 0 Å². The number of halogens is 4. The molecule has 12 heteroatoms. The molecule has 0 fully saturated rings. The van der Waals surface area contributed by atoms with Crippen LogP contribution in [0.2, 0.25) is 0 Å². The van der Waals surface area contributed by atoms with E-state index in [-0.39, 0.29) is 28.5 Å². The first-order valence-electron chi connectivity index (χ1n) is 8.37. The third-order valence-electron chi connectivity index (χ3n) is 4.08. The molecule has 2 heterocycles. The van der Waals surface area contributed by atoms with Crippen molar-refractivity contribution in [3.05, 3.63) is 41.3 Å². The highest BCUT2D eigenvalue weighted by molar-refractivity contribution is 6.03. The van der Waals surface area contributed by atoms with Crippen LogP contribution in [0.25, 0.3) is 5.65 Å². The first-order chi connectivity index (χ1) is 14.3. The van der Waals surface area contributed by atoms with Crippen LogP contribution in [-0.4, -0.2) is 41.8 Å². The van der Waals surface area contributed by atoms with Gasteiger partial charge in [0.15, 0.2) is 22.8 Å². The maximum absolute atomic E-state index is 13.3.